The Balaban J connectivity index is 2.42. The molecule has 0 aromatic heterocycles. The molecular weight excluding hydrogens is 228 g/mol. The van der Waals surface area contributed by atoms with Gasteiger partial charge in [-0.1, -0.05) is 13.8 Å². The number of aliphatic carboxylic acids is 1. The first-order chi connectivity index (χ1) is 7.41. The summed E-state index contributed by atoms with van der Waals surface area (Å²) >= 11 is 1.85. The molecule has 5 nitrogen and oxygen atoms in total. The molecule has 0 radical (unpaired) electrons. The summed E-state index contributed by atoms with van der Waals surface area (Å²) in [4.78, 5) is 23.6. The first-order valence-electron chi connectivity index (χ1n) is 5.29. The Hall–Kier alpha value is -0.910. The van der Waals surface area contributed by atoms with Crippen LogP contribution in [0.5, 0.6) is 0 Å². The monoisotopic (exact) mass is 246 g/mol. The summed E-state index contributed by atoms with van der Waals surface area (Å²) < 4.78 is 0.196. The van der Waals surface area contributed by atoms with Gasteiger partial charge < -0.3 is 15.3 Å². The first kappa shape index (κ1) is 13.2. The maximum atomic E-state index is 11.6. The van der Waals surface area contributed by atoms with Crippen LogP contribution in [-0.4, -0.2) is 52.1 Å². The van der Waals surface area contributed by atoms with E-state index in [0.717, 1.165) is 12.2 Å². The van der Waals surface area contributed by atoms with E-state index < -0.39 is 5.97 Å². The molecule has 0 atom stereocenters. The number of carbonyl (C=O) groups excluding carboxylic acids is 1. The predicted octanol–water partition coefficient (Wildman–Crippen LogP) is 0.998. The summed E-state index contributed by atoms with van der Waals surface area (Å²) in [5.74, 6) is -0.120. The number of carbonyl (C=O) groups is 2. The van der Waals surface area contributed by atoms with Crippen LogP contribution in [0.2, 0.25) is 0 Å². The van der Waals surface area contributed by atoms with Crippen molar-refractivity contribution in [2.24, 2.45) is 0 Å². The van der Waals surface area contributed by atoms with E-state index in [9.17, 15) is 9.59 Å². The van der Waals surface area contributed by atoms with Gasteiger partial charge in [-0.25, -0.2) is 4.79 Å². The molecule has 1 saturated heterocycles. The molecule has 0 spiro atoms. The molecule has 1 heterocycles. The fourth-order valence-corrected chi connectivity index (χ4v) is 2.59. The van der Waals surface area contributed by atoms with Gasteiger partial charge in [-0.15, -0.1) is 0 Å². The van der Waals surface area contributed by atoms with Crippen molar-refractivity contribution in [2.45, 2.75) is 25.0 Å². The summed E-state index contributed by atoms with van der Waals surface area (Å²) in [6.07, 6.45) is 0.929. The molecule has 0 aliphatic carbocycles. The van der Waals surface area contributed by atoms with Crippen LogP contribution >= 0.6 is 11.8 Å². The van der Waals surface area contributed by atoms with E-state index in [1.807, 2.05) is 11.8 Å². The molecule has 0 aromatic carbocycles. The molecule has 0 aromatic rings. The Morgan fingerprint density at radius 2 is 2.12 bits per heavy atom. The van der Waals surface area contributed by atoms with Crippen LogP contribution in [0.15, 0.2) is 0 Å². The van der Waals surface area contributed by atoms with Gasteiger partial charge in [0.05, 0.1) is 0 Å². The minimum absolute atomic E-state index is 0.196. The fourth-order valence-electron chi connectivity index (χ4n) is 1.49. The summed E-state index contributed by atoms with van der Waals surface area (Å²) in [6.45, 7) is 5.38. The molecule has 1 fully saturated rings. The topological polar surface area (TPSA) is 69.6 Å². The Bertz CT molecular complexity index is 281. The van der Waals surface area contributed by atoms with Crippen LogP contribution in [0.3, 0.4) is 0 Å². The molecular formula is C10H18N2O3S. The van der Waals surface area contributed by atoms with Crippen molar-refractivity contribution in [3.05, 3.63) is 0 Å². The molecule has 2 amide bonds. The molecule has 0 saturated carbocycles. The van der Waals surface area contributed by atoms with Crippen molar-refractivity contribution in [3.63, 3.8) is 0 Å². The van der Waals surface area contributed by atoms with Crippen LogP contribution in [-0.2, 0) is 4.79 Å². The van der Waals surface area contributed by atoms with E-state index in [-0.39, 0.29) is 17.3 Å². The molecule has 1 rings (SSSR count). The van der Waals surface area contributed by atoms with E-state index >= 15 is 0 Å². The van der Waals surface area contributed by atoms with Crippen LogP contribution in [0.1, 0.15) is 20.3 Å². The highest BCUT2D eigenvalue weighted by molar-refractivity contribution is 8.00. The number of nitrogens with one attached hydrogen (secondary N) is 1. The third-order valence-corrected chi connectivity index (χ3v) is 3.89. The summed E-state index contributed by atoms with van der Waals surface area (Å²) in [5.41, 5.74) is 0. The lowest BCUT2D eigenvalue weighted by molar-refractivity contribution is -0.135. The van der Waals surface area contributed by atoms with Gasteiger partial charge in [0.1, 0.15) is 6.54 Å². The SMILES string of the molecule is CC1(C)CCN(C(=O)NCC(=O)O)CCS1. The smallest absolute Gasteiger partial charge is 0.323 e. The first-order valence-corrected chi connectivity index (χ1v) is 6.28. The van der Waals surface area contributed by atoms with Gasteiger partial charge in [-0.3, -0.25) is 4.79 Å². The molecule has 1 aliphatic heterocycles. The number of carboxylic acid groups (broad SMARTS) is 1. The normalized spacial score (nSPS) is 20.0. The quantitative estimate of drug-likeness (QED) is 0.762. The Labute approximate surface area is 99.6 Å². The highest BCUT2D eigenvalue weighted by Crippen LogP contribution is 2.30. The minimum atomic E-state index is -1.02. The summed E-state index contributed by atoms with van der Waals surface area (Å²) in [6, 6.07) is -0.277. The summed E-state index contributed by atoms with van der Waals surface area (Å²) in [5, 5.41) is 10.8. The largest absolute Gasteiger partial charge is 0.480 e. The molecule has 16 heavy (non-hydrogen) atoms. The Morgan fingerprint density at radius 1 is 1.44 bits per heavy atom. The maximum absolute atomic E-state index is 11.6. The van der Waals surface area contributed by atoms with Gasteiger partial charge in [0.2, 0.25) is 0 Å². The van der Waals surface area contributed by atoms with Crippen molar-refractivity contribution in [1.29, 1.82) is 0 Å². The van der Waals surface area contributed by atoms with Crippen molar-refractivity contribution < 1.29 is 14.7 Å². The predicted molar refractivity (Wildman–Crippen MR) is 63.8 cm³/mol. The molecule has 1 aliphatic rings. The van der Waals surface area contributed by atoms with Crippen LogP contribution in [0.25, 0.3) is 0 Å². The van der Waals surface area contributed by atoms with Gasteiger partial charge >= 0.3 is 12.0 Å². The van der Waals surface area contributed by atoms with Gasteiger partial charge in [-0.2, -0.15) is 11.8 Å². The lowest BCUT2D eigenvalue weighted by atomic mass is 10.1. The van der Waals surface area contributed by atoms with E-state index in [1.54, 1.807) is 4.90 Å². The molecule has 6 heteroatoms. The van der Waals surface area contributed by atoms with Crippen LogP contribution in [0.4, 0.5) is 4.79 Å². The third kappa shape index (κ3) is 4.30. The number of nitrogens with zero attached hydrogens (tertiary/aromatic N) is 1. The third-order valence-electron chi connectivity index (χ3n) is 2.52. The molecule has 0 unspecified atom stereocenters. The molecule has 92 valence electrons. The number of hydrogen-bond acceptors (Lipinski definition) is 3. The van der Waals surface area contributed by atoms with Gasteiger partial charge in [0.15, 0.2) is 0 Å². The zero-order valence-corrected chi connectivity index (χ0v) is 10.5. The lowest BCUT2D eigenvalue weighted by Gasteiger charge is -2.22. The molecule has 2 N–H and O–H groups in total. The second-order valence-corrected chi connectivity index (χ2v) is 6.20. The Kier molecular flexibility index (Phi) is 4.46. The lowest BCUT2D eigenvalue weighted by Crippen LogP contribution is -2.43. The van der Waals surface area contributed by atoms with Gasteiger partial charge in [0.25, 0.3) is 0 Å². The average molecular weight is 246 g/mol. The van der Waals surface area contributed by atoms with Crippen LogP contribution in [0, 0.1) is 0 Å². The second kappa shape index (κ2) is 5.43. The van der Waals surface area contributed by atoms with Crippen molar-refractivity contribution >= 4 is 23.8 Å². The van der Waals surface area contributed by atoms with Gasteiger partial charge in [0, 0.05) is 23.6 Å². The van der Waals surface area contributed by atoms with E-state index in [2.05, 4.69) is 19.2 Å². The number of amides is 2. The average Bonchev–Trinajstić information content (AvgIpc) is 2.35. The minimum Gasteiger partial charge on any atom is -0.480 e. The standard InChI is InChI=1S/C10H18N2O3S/c1-10(2)3-4-12(5-6-16-10)9(15)11-7-8(13)14/h3-7H2,1-2H3,(H,11,15)(H,13,14). The zero-order chi connectivity index (χ0) is 12.2. The van der Waals surface area contributed by atoms with Crippen molar-refractivity contribution in [1.82, 2.24) is 10.2 Å². The van der Waals surface area contributed by atoms with Crippen LogP contribution < -0.4 is 5.32 Å². The van der Waals surface area contributed by atoms with Crippen molar-refractivity contribution in [3.8, 4) is 0 Å². The fraction of sp³-hybridized carbons (Fsp3) is 0.800. The number of urea groups is 1. The Morgan fingerprint density at radius 3 is 2.75 bits per heavy atom. The second-order valence-electron chi connectivity index (χ2n) is 4.40. The highest BCUT2D eigenvalue weighted by atomic mass is 32.2. The van der Waals surface area contributed by atoms with Crippen molar-refractivity contribution in [2.75, 3.05) is 25.4 Å². The van der Waals surface area contributed by atoms with E-state index in [0.29, 0.717) is 13.1 Å². The van der Waals surface area contributed by atoms with E-state index in [1.165, 1.54) is 0 Å². The maximum Gasteiger partial charge on any atom is 0.323 e. The van der Waals surface area contributed by atoms with E-state index in [4.69, 9.17) is 5.11 Å². The number of carboxylic acids is 1. The number of rotatable bonds is 2. The molecule has 0 bridgehead atoms. The summed E-state index contributed by atoms with van der Waals surface area (Å²) in [7, 11) is 0. The number of hydrogen-bond donors (Lipinski definition) is 2. The van der Waals surface area contributed by atoms with Gasteiger partial charge in [-0.05, 0) is 6.42 Å². The zero-order valence-electron chi connectivity index (χ0n) is 9.65. The number of thioether (sulfide) groups is 1. The highest BCUT2D eigenvalue weighted by Gasteiger charge is 2.25.